The normalized spacial score (nSPS) is 17.5. The zero-order valence-electron chi connectivity index (χ0n) is 9.54. The Labute approximate surface area is 101 Å². The third-order valence-corrected chi connectivity index (χ3v) is 2.85. The molecule has 0 N–H and O–H groups in total. The molecular formula is C14H14N2O. The van der Waals surface area contributed by atoms with Crippen molar-refractivity contribution in [2.24, 2.45) is 4.99 Å². The number of hydrogen-bond donors (Lipinski definition) is 0. The summed E-state index contributed by atoms with van der Waals surface area (Å²) in [6.45, 7) is 2.40. The summed E-state index contributed by atoms with van der Waals surface area (Å²) >= 11 is 0. The molecule has 0 unspecified atom stereocenters. The Kier molecular flexibility index (Phi) is 2.66. The van der Waals surface area contributed by atoms with Crippen LogP contribution in [-0.4, -0.2) is 23.8 Å². The summed E-state index contributed by atoms with van der Waals surface area (Å²) in [7, 11) is 0. The minimum absolute atomic E-state index is 0.591. The summed E-state index contributed by atoms with van der Waals surface area (Å²) < 4.78 is 5.82. The van der Waals surface area contributed by atoms with Crippen LogP contribution in [0, 0.1) is 0 Å². The van der Waals surface area contributed by atoms with Gasteiger partial charge >= 0.3 is 0 Å². The number of benzene rings is 1. The Hall–Kier alpha value is -2.03. The average molecular weight is 226 g/mol. The summed E-state index contributed by atoms with van der Waals surface area (Å²) in [6.07, 6.45) is 6.02. The molecule has 0 amide bonds. The molecule has 1 aromatic carbocycles. The van der Waals surface area contributed by atoms with Crippen LogP contribution in [0.2, 0.25) is 0 Å². The van der Waals surface area contributed by atoms with Crippen molar-refractivity contribution in [2.75, 3.05) is 13.1 Å². The van der Waals surface area contributed by atoms with Crippen LogP contribution in [0.25, 0.3) is 0 Å². The summed E-state index contributed by atoms with van der Waals surface area (Å²) in [4.78, 5) is 6.57. The predicted octanol–water partition coefficient (Wildman–Crippen LogP) is 2.33. The highest BCUT2D eigenvalue weighted by Gasteiger charge is 2.21. The second-order valence-electron chi connectivity index (χ2n) is 4.05. The second kappa shape index (κ2) is 4.45. The van der Waals surface area contributed by atoms with Crippen LogP contribution in [0.5, 0.6) is 0 Å². The van der Waals surface area contributed by atoms with E-state index < -0.39 is 0 Å². The first-order chi connectivity index (χ1) is 8.43. The molecule has 0 bridgehead atoms. The molecule has 2 aliphatic heterocycles. The lowest BCUT2D eigenvalue weighted by Crippen LogP contribution is -2.26. The van der Waals surface area contributed by atoms with Gasteiger partial charge < -0.3 is 9.64 Å². The molecule has 2 aliphatic rings. The predicted molar refractivity (Wildman–Crippen MR) is 67.5 cm³/mol. The van der Waals surface area contributed by atoms with Crippen molar-refractivity contribution < 1.29 is 4.74 Å². The molecule has 0 fully saturated rings. The summed E-state index contributed by atoms with van der Waals surface area (Å²) in [5.74, 6) is 1.83. The van der Waals surface area contributed by atoms with Crippen molar-refractivity contribution in [2.45, 2.75) is 6.61 Å². The molecule has 0 aromatic heterocycles. The second-order valence-corrected chi connectivity index (χ2v) is 4.05. The maximum Gasteiger partial charge on any atom is 0.170 e. The zero-order chi connectivity index (χ0) is 11.5. The van der Waals surface area contributed by atoms with E-state index in [1.807, 2.05) is 36.6 Å². The molecule has 3 rings (SSSR count). The third kappa shape index (κ3) is 2.09. The molecule has 0 aliphatic carbocycles. The molecule has 3 heteroatoms. The highest BCUT2D eigenvalue weighted by Crippen LogP contribution is 2.17. The monoisotopic (exact) mass is 226 g/mol. The van der Waals surface area contributed by atoms with Crippen molar-refractivity contribution in [1.29, 1.82) is 0 Å². The standard InChI is InChI=1S/C14H14N2O/c1-2-5-12(6-3-1)11-17-13-7-4-9-16-10-8-15-14(13)16/h1-7,9H,8,10-11H2. The summed E-state index contributed by atoms with van der Waals surface area (Å²) in [5, 5.41) is 0. The van der Waals surface area contributed by atoms with Gasteiger partial charge in [-0.25, -0.2) is 0 Å². The van der Waals surface area contributed by atoms with Gasteiger partial charge in [-0.1, -0.05) is 30.3 Å². The molecule has 0 spiro atoms. The van der Waals surface area contributed by atoms with Gasteiger partial charge in [-0.2, -0.15) is 0 Å². The van der Waals surface area contributed by atoms with Crippen molar-refractivity contribution in [3.05, 3.63) is 60.0 Å². The highest BCUT2D eigenvalue weighted by atomic mass is 16.5. The maximum atomic E-state index is 5.82. The van der Waals surface area contributed by atoms with Gasteiger partial charge in [0.05, 0.1) is 6.54 Å². The van der Waals surface area contributed by atoms with Crippen molar-refractivity contribution in [3.8, 4) is 0 Å². The van der Waals surface area contributed by atoms with E-state index >= 15 is 0 Å². The number of allylic oxidation sites excluding steroid dienone is 2. The number of nitrogens with zero attached hydrogens (tertiary/aromatic N) is 2. The van der Waals surface area contributed by atoms with Crippen molar-refractivity contribution in [3.63, 3.8) is 0 Å². The number of aliphatic imine (C=N–C) groups is 1. The van der Waals surface area contributed by atoms with Gasteiger partial charge in [-0.15, -0.1) is 0 Å². The molecule has 1 aromatic rings. The average Bonchev–Trinajstić information content (AvgIpc) is 2.86. The van der Waals surface area contributed by atoms with Gasteiger partial charge in [-0.05, 0) is 17.7 Å². The summed E-state index contributed by atoms with van der Waals surface area (Å²) in [5.41, 5.74) is 1.17. The fraction of sp³-hybridized carbons (Fsp3) is 0.214. The lowest BCUT2D eigenvalue weighted by atomic mass is 10.2. The Morgan fingerprint density at radius 3 is 3.00 bits per heavy atom. The molecule has 3 nitrogen and oxygen atoms in total. The number of amidine groups is 1. The molecule has 2 heterocycles. The van der Waals surface area contributed by atoms with E-state index in [1.165, 1.54) is 5.56 Å². The van der Waals surface area contributed by atoms with E-state index in [0.29, 0.717) is 6.61 Å². The molecule has 0 atom stereocenters. The quantitative estimate of drug-likeness (QED) is 0.790. The van der Waals surface area contributed by atoms with Crippen LogP contribution < -0.4 is 0 Å². The highest BCUT2D eigenvalue weighted by molar-refractivity contribution is 5.99. The number of ether oxygens (including phenoxy) is 1. The number of rotatable bonds is 3. The maximum absolute atomic E-state index is 5.82. The lowest BCUT2D eigenvalue weighted by molar-refractivity contribution is 0.213. The minimum Gasteiger partial charge on any atom is -0.485 e. The molecular weight excluding hydrogens is 212 g/mol. The van der Waals surface area contributed by atoms with E-state index in [2.05, 4.69) is 22.0 Å². The number of fused-ring (bicyclic) bond motifs is 1. The van der Waals surface area contributed by atoms with Gasteiger partial charge in [-0.3, -0.25) is 4.99 Å². The molecule has 17 heavy (non-hydrogen) atoms. The first kappa shape index (κ1) is 10.1. The van der Waals surface area contributed by atoms with E-state index in [-0.39, 0.29) is 0 Å². The van der Waals surface area contributed by atoms with Gasteiger partial charge in [0.15, 0.2) is 11.6 Å². The SMILES string of the molecule is C1=CN2CCN=C2C(OCc2ccccc2)=C1. The molecule has 0 saturated carbocycles. The largest absolute Gasteiger partial charge is 0.485 e. The van der Waals surface area contributed by atoms with E-state index in [9.17, 15) is 0 Å². The minimum atomic E-state index is 0.591. The van der Waals surface area contributed by atoms with Gasteiger partial charge in [0.1, 0.15) is 6.61 Å². The van der Waals surface area contributed by atoms with Crippen LogP contribution >= 0.6 is 0 Å². The van der Waals surface area contributed by atoms with Crippen LogP contribution in [0.3, 0.4) is 0 Å². The first-order valence-corrected chi connectivity index (χ1v) is 5.80. The Balaban J connectivity index is 1.69. The van der Waals surface area contributed by atoms with E-state index in [0.717, 1.165) is 24.7 Å². The lowest BCUT2D eigenvalue weighted by Gasteiger charge is -2.21. The smallest absolute Gasteiger partial charge is 0.170 e. The van der Waals surface area contributed by atoms with Crippen LogP contribution in [0.1, 0.15) is 5.56 Å². The van der Waals surface area contributed by atoms with E-state index in [4.69, 9.17) is 4.74 Å². The van der Waals surface area contributed by atoms with Crippen LogP contribution in [0.15, 0.2) is 59.4 Å². The van der Waals surface area contributed by atoms with Crippen molar-refractivity contribution in [1.82, 2.24) is 4.90 Å². The molecule has 0 radical (unpaired) electrons. The molecule has 86 valence electrons. The molecule has 0 saturated heterocycles. The fourth-order valence-electron chi connectivity index (χ4n) is 1.98. The fourth-order valence-corrected chi connectivity index (χ4v) is 1.98. The Bertz CT molecular complexity index is 488. The van der Waals surface area contributed by atoms with Gasteiger partial charge in [0.25, 0.3) is 0 Å². The third-order valence-electron chi connectivity index (χ3n) is 2.85. The Morgan fingerprint density at radius 1 is 1.24 bits per heavy atom. The first-order valence-electron chi connectivity index (χ1n) is 5.80. The zero-order valence-corrected chi connectivity index (χ0v) is 9.54. The van der Waals surface area contributed by atoms with Crippen molar-refractivity contribution >= 4 is 5.84 Å². The van der Waals surface area contributed by atoms with Gasteiger partial charge in [0.2, 0.25) is 0 Å². The van der Waals surface area contributed by atoms with Crippen LogP contribution in [-0.2, 0) is 11.3 Å². The van der Waals surface area contributed by atoms with E-state index in [1.54, 1.807) is 0 Å². The van der Waals surface area contributed by atoms with Gasteiger partial charge in [0, 0.05) is 12.7 Å². The summed E-state index contributed by atoms with van der Waals surface area (Å²) in [6, 6.07) is 10.2. The number of hydrogen-bond acceptors (Lipinski definition) is 3. The Morgan fingerprint density at radius 2 is 2.12 bits per heavy atom. The van der Waals surface area contributed by atoms with Crippen LogP contribution in [0.4, 0.5) is 0 Å². The topological polar surface area (TPSA) is 24.8 Å².